The van der Waals surface area contributed by atoms with Gasteiger partial charge in [-0.3, -0.25) is 5.84 Å². The number of nitrogens with one attached hydrogen (secondary N) is 1. The first-order valence-electron chi connectivity index (χ1n) is 5.89. The number of hydrogen-bond donors (Lipinski definition) is 4. The lowest BCUT2D eigenvalue weighted by molar-refractivity contribution is 0.596. The molecule has 7 N–H and O–H groups in total. The molecule has 0 atom stereocenters. The zero-order chi connectivity index (χ0) is 16.5. The number of sulfonamides is 2. The largest absolute Gasteiger partial charge is 0.324 e. The minimum Gasteiger partial charge on any atom is -0.324 e. The van der Waals surface area contributed by atoms with E-state index < -0.39 is 20.0 Å². The molecule has 0 fully saturated rings. The Morgan fingerprint density at radius 3 is 1.73 bits per heavy atom. The fourth-order valence-corrected chi connectivity index (χ4v) is 2.94. The summed E-state index contributed by atoms with van der Waals surface area (Å²) >= 11 is 0. The van der Waals surface area contributed by atoms with Crippen LogP contribution in [0.4, 0.5) is 5.69 Å². The fourth-order valence-electron chi connectivity index (χ4n) is 1.89. The van der Waals surface area contributed by atoms with Gasteiger partial charge in [0.1, 0.15) is 0 Å². The van der Waals surface area contributed by atoms with Crippen molar-refractivity contribution in [2.75, 3.05) is 5.43 Å². The summed E-state index contributed by atoms with van der Waals surface area (Å²) in [6, 6.07) is 9.72. The van der Waals surface area contributed by atoms with Crippen molar-refractivity contribution in [2.24, 2.45) is 16.1 Å². The first kappa shape index (κ1) is 16.4. The minimum absolute atomic E-state index is 0.0545. The molecule has 118 valence electrons. The Morgan fingerprint density at radius 1 is 0.773 bits per heavy atom. The van der Waals surface area contributed by atoms with Crippen LogP contribution in [0.2, 0.25) is 0 Å². The van der Waals surface area contributed by atoms with Crippen LogP contribution in [0.25, 0.3) is 11.1 Å². The molecule has 0 saturated carbocycles. The molecule has 0 aliphatic rings. The number of nitrogens with two attached hydrogens (primary N) is 3. The van der Waals surface area contributed by atoms with Gasteiger partial charge in [0.25, 0.3) is 0 Å². The summed E-state index contributed by atoms with van der Waals surface area (Å²) in [4.78, 5) is -0.141. The van der Waals surface area contributed by atoms with Crippen LogP contribution in [0.15, 0.2) is 52.3 Å². The summed E-state index contributed by atoms with van der Waals surface area (Å²) in [5.41, 5.74) is 3.89. The Hall–Kier alpha value is -1.98. The van der Waals surface area contributed by atoms with Crippen LogP contribution < -0.4 is 21.5 Å². The van der Waals surface area contributed by atoms with Crippen molar-refractivity contribution in [1.82, 2.24) is 0 Å². The summed E-state index contributed by atoms with van der Waals surface area (Å²) in [6.07, 6.45) is 0. The van der Waals surface area contributed by atoms with Crippen LogP contribution >= 0.6 is 0 Å². The van der Waals surface area contributed by atoms with Crippen molar-refractivity contribution in [3.05, 3.63) is 42.5 Å². The van der Waals surface area contributed by atoms with E-state index in [0.29, 0.717) is 16.8 Å². The Labute approximate surface area is 128 Å². The smallest absolute Gasteiger partial charge is 0.238 e. The van der Waals surface area contributed by atoms with Gasteiger partial charge in [0.2, 0.25) is 20.0 Å². The maximum absolute atomic E-state index is 11.4. The van der Waals surface area contributed by atoms with Crippen molar-refractivity contribution in [2.45, 2.75) is 9.79 Å². The van der Waals surface area contributed by atoms with Gasteiger partial charge in [-0.2, -0.15) is 0 Å². The Balaban J connectivity index is 2.60. The molecule has 2 rings (SSSR count). The van der Waals surface area contributed by atoms with E-state index in [-0.39, 0.29) is 9.79 Å². The monoisotopic (exact) mass is 342 g/mol. The molecule has 0 aliphatic carbocycles. The van der Waals surface area contributed by atoms with Crippen LogP contribution in [-0.4, -0.2) is 16.8 Å². The van der Waals surface area contributed by atoms with E-state index in [4.69, 9.17) is 16.1 Å². The average Bonchev–Trinajstić information content (AvgIpc) is 2.45. The Bertz CT molecular complexity index is 907. The summed E-state index contributed by atoms with van der Waals surface area (Å²) in [5, 5.41) is 10.1. The quantitative estimate of drug-likeness (QED) is 0.450. The van der Waals surface area contributed by atoms with Crippen molar-refractivity contribution in [1.29, 1.82) is 0 Å². The van der Waals surface area contributed by atoms with E-state index in [0.717, 1.165) is 0 Å². The second-order valence-electron chi connectivity index (χ2n) is 4.47. The molecule has 8 nitrogen and oxygen atoms in total. The van der Waals surface area contributed by atoms with Gasteiger partial charge in [-0.05, 0) is 35.9 Å². The summed E-state index contributed by atoms with van der Waals surface area (Å²) in [7, 11) is -7.68. The van der Waals surface area contributed by atoms with Crippen LogP contribution in [0.5, 0.6) is 0 Å². The van der Waals surface area contributed by atoms with Crippen LogP contribution in [0.1, 0.15) is 0 Å². The molecule has 0 radical (unpaired) electrons. The van der Waals surface area contributed by atoms with E-state index in [1.165, 1.54) is 42.5 Å². The number of benzene rings is 2. The second kappa shape index (κ2) is 5.66. The van der Waals surface area contributed by atoms with E-state index in [9.17, 15) is 16.8 Å². The lowest BCUT2D eigenvalue weighted by Gasteiger charge is -2.11. The highest BCUT2D eigenvalue weighted by molar-refractivity contribution is 7.89. The molecule has 0 heterocycles. The number of nitrogen functional groups attached to an aromatic ring is 1. The molecule has 0 aliphatic heterocycles. The number of primary sulfonamides is 2. The van der Waals surface area contributed by atoms with Gasteiger partial charge in [0, 0.05) is 5.56 Å². The van der Waals surface area contributed by atoms with Gasteiger partial charge in [-0.1, -0.05) is 12.1 Å². The minimum atomic E-state index is -3.87. The lowest BCUT2D eigenvalue weighted by Crippen LogP contribution is -2.14. The summed E-state index contributed by atoms with van der Waals surface area (Å²) in [5.74, 6) is 5.40. The van der Waals surface area contributed by atoms with Gasteiger partial charge in [-0.15, -0.1) is 0 Å². The predicted molar refractivity (Wildman–Crippen MR) is 82.4 cm³/mol. The molecule has 0 amide bonds. The van der Waals surface area contributed by atoms with Gasteiger partial charge in [0.05, 0.1) is 15.5 Å². The van der Waals surface area contributed by atoms with Gasteiger partial charge in [0.15, 0.2) is 0 Å². The van der Waals surface area contributed by atoms with Crippen LogP contribution in [0, 0.1) is 0 Å². The predicted octanol–water partition coefficient (Wildman–Crippen LogP) is -0.0660. The third kappa shape index (κ3) is 3.43. The van der Waals surface area contributed by atoms with Crippen molar-refractivity contribution >= 4 is 25.7 Å². The maximum atomic E-state index is 11.4. The van der Waals surface area contributed by atoms with E-state index in [1.807, 2.05) is 0 Å². The first-order valence-corrected chi connectivity index (χ1v) is 8.99. The van der Waals surface area contributed by atoms with Gasteiger partial charge < -0.3 is 5.43 Å². The molecular formula is C12H14N4O4S2. The molecule has 2 aromatic carbocycles. The van der Waals surface area contributed by atoms with Crippen molar-refractivity contribution < 1.29 is 16.8 Å². The number of anilines is 1. The Morgan fingerprint density at radius 2 is 1.27 bits per heavy atom. The molecule has 0 bridgehead atoms. The number of hydrazine groups is 1. The highest BCUT2D eigenvalue weighted by Crippen LogP contribution is 2.30. The van der Waals surface area contributed by atoms with Crippen LogP contribution in [-0.2, 0) is 20.0 Å². The van der Waals surface area contributed by atoms with Gasteiger partial charge in [-0.25, -0.2) is 27.1 Å². The average molecular weight is 342 g/mol. The molecular weight excluding hydrogens is 328 g/mol. The molecule has 0 unspecified atom stereocenters. The third-order valence-electron chi connectivity index (χ3n) is 2.97. The van der Waals surface area contributed by atoms with E-state index in [1.54, 1.807) is 0 Å². The zero-order valence-corrected chi connectivity index (χ0v) is 12.9. The SMILES string of the molecule is NNc1ccc(S(N)(=O)=O)cc1-c1ccc(S(N)(=O)=O)cc1. The zero-order valence-electron chi connectivity index (χ0n) is 11.2. The molecule has 0 spiro atoms. The normalized spacial score (nSPS) is 12.1. The van der Waals surface area contributed by atoms with Crippen LogP contribution in [0.3, 0.4) is 0 Å². The maximum Gasteiger partial charge on any atom is 0.238 e. The standard InChI is InChI=1S/C12H14N4O4S2/c13-16-12-6-5-10(22(15,19)20)7-11(12)8-1-3-9(4-2-8)21(14,17)18/h1-7,16H,13H2,(H2,14,17,18)(H2,15,19,20). The molecule has 22 heavy (non-hydrogen) atoms. The third-order valence-corrected chi connectivity index (χ3v) is 4.81. The van der Waals surface area contributed by atoms with Crippen molar-refractivity contribution in [3.8, 4) is 11.1 Å². The van der Waals surface area contributed by atoms with E-state index in [2.05, 4.69) is 5.43 Å². The van der Waals surface area contributed by atoms with E-state index >= 15 is 0 Å². The number of rotatable bonds is 4. The summed E-state index contributed by atoms with van der Waals surface area (Å²) in [6.45, 7) is 0. The van der Waals surface area contributed by atoms with Crippen molar-refractivity contribution in [3.63, 3.8) is 0 Å². The lowest BCUT2D eigenvalue weighted by atomic mass is 10.0. The second-order valence-corrected chi connectivity index (χ2v) is 7.59. The molecule has 0 saturated heterocycles. The highest BCUT2D eigenvalue weighted by atomic mass is 32.2. The van der Waals surface area contributed by atoms with Gasteiger partial charge >= 0.3 is 0 Å². The molecule has 0 aromatic heterocycles. The topological polar surface area (TPSA) is 158 Å². The summed E-state index contributed by atoms with van der Waals surface area (Å²) < 4.78 is 45.3. The Kier molecular flexibility index (Phi) is 4.22. The molecule has 2 aromatic rings. The first-order chi connectivity index (χ1) is 10.1. The number of hydrogen-bond acceptors (Lipinski definition) is 6. The highest BCUT2D eigenvalue weighted by Gasteiger charge is 2.13. The fraction of sp³-hybridized carbons (Fsp3) is 0. The molecule has 10 heteroatoms.